The Morgan fingerprint density at radius 2 is 2.00 bits per heavy atom. The van der Waals surface area contributed by atoms with E-state index in [0.29, 0.717) is 22.4 Å². The summed E-state index contributed by atoms with van der Waals surface area (Å²) in [5, 5.41) is 11.1. The van der Waals surface area contributed by atoms with Crippen LogP contribution in [0.15, 0.2) is 71.8 Å². The number of carboxylic acids is 1. The third-order valence-electron chi connectivity index (χ3n) is 6.06. The molecule has 1 aliphatic rings. The van der Waals surface area contributed by atoms with Crippen LogP contribution in [0.25, 0.3) is 10.9 Å². The van der Waals surface area contributed by atoms with Crippen molar-refractivity contribution >= 4 is 22.6 Å². The fourth-order valence-electron chi connectivity index (χ4n) is 4.59. The van der Waals surface area contributed by atoms with Crippen LogP contribution in [-0.2, 0) is 11.3 Å². The zero-order valence-electron chi connectivity index (χ0n) is 17.2. The predicted molar refractivity (Wildman–Crippen MR) is 119 cm³/mol. The summed E-state index contributed by atoms with van der Waals surface area (Å²) in [6, 6.07) is 14.8. The third kappa shape index (κ3) is 3.22. The minimum Gasteiger partial charge on any atom is -0.480 e. The molecule has 2 aromatic carbocycles. The van der Waals surface area contributed by atoms with Gasteiger partial charge in [0.05, 0.1) is 5.52 Å². The maximum atomic E-state index is 14.6. The topological polar surface area (TPSA) is 86.3 Å². The number of aliphatic carboxylic acids is 1. The lowest BCUT2D eigenvalue weighted by Gasteiger charge is -2.27. The zero-order valence-corrected chi connectivity index (χ0v) is 17.2. The molecule has 0 fully saturated rings. The van der Waals surface area contributed by atoms with Crippen molar-refractivity contribution in [1.82, 2.24) is 9.97 Å². The molecule has 4 aromatic rings. The van der Waals surface area contributed by atoms with E-state index in [-0.39, 0.29) is 12.1 Å². The van der Waals surface area contributed by atoms with E-state index in [0.717, 1.165) is 16.5 Å². The SMILES string of the molecule is Cc1cc2c(cc1F)N(Cc1ccc3ncccc3c1)C(C(=O)O)C2c1ccc[nH]c1=O. The molecule has 3 heterocycles. The fraction of sp³-hybridized carbons (Fsp3) is 0.160. The molecular weight excluding hydrogens is 409 g/mol. The summed E-state index contributed by atoms with van der Waals surface area (Å²) in [5.41, 5.74) is 3.22. The number of hydrogen-bond donors (Lipinski definition) is 2. The fourth-order valence-corrected chi connectivity index (χ4v) is 4.59. The second kappa shape index (κ2) is 7.60. The molecule has 32 heavy (non-hydrogen) atoms. The molecule has 2 atom stereocenters. The first-order chi connectivity index (χ1) is 15.4. The number of hydrogen-bond acceptors (Lipinski definition) is 4. The molecule has 0 radical (unpaired) electrons. The Morgan fingerprint density at radius 3 is 2.78 bits per heavy atom. The molecular formula is C25H20FN3O3. The minimum atomic E-state index is -1.07. The highest BCUT2D eigenvalue weighted by atomic mass is 19.1. The van der Waals surface area contributed by atoms with E-state index in [1.54, 1.807) is 36.2 Å². The van der Waals surface area contributed by atoms with Gasteiger partial charge < -0.3 is 15.0 Å². The Kier molecular flexibility index (Phi) is 4.74. The molecule has 0 saturated heterocycles. The van der Waals surface area contributed by atoms with Crippen LogP contribution in [0.2, 0.25) is 0 Å². The van der Waals surface area contributed by atoms with Crippen LogP contribution in [-0.4, -0.2) is 27.1 Å². The standard InChI is InChI=1S/C25H20FN3O3/c1-14-10-18-21(12-19(14)26)29(13-15-6-7-20-16(11-15)4-2-8-27-20)23(25(31)32)22(18)17-5-3-9-28-24(17)30/h2-12,22-23H,13H2,1H3,(H,28,30)(H,31,32). The number of nitrogens with zero attached hydrogens (tertiary/aromatic N) is 2. The van der Waals surface area contributed by atoms with Gasteiger partial charge in [-0.25, -0.2) is 9.18 Å². The van der Waals surface area contributed by atoms with Gasteiger partial charge in [-0.05, 0) is 53.9 Å². The van der Waals surface area contributed by atoms with Gasteiger partial charge in [-0.15, -0.1) is 0 Å². The first-order valence-corrected chi connectivity index (χ1v) is 10.2. The van der Waals surface area contributed by atoms with E-state index in [1.807, 2.05) is 30.3 Å². The van der Waals surface area contributed by atoms with Crippen LogP contribution in [0.5, 0.6) is 0 Å². The Labute approximate surface area is 183 Å². The highest BCUT2D eigenvalue weighted by Gasteiger charge is 2.45. The van der Waals surface area contributed by atoms with Gasteiger partial charge in [0.15, 0.2) is 0 Å². The third-order valence-corrected chi connectivity index (χ3v) is 6.06. The van der Waals surface area contributed by atoms with Crippen molar-refractivity contribution in [2.24, 2.45) is 0 Å². The number of anilines is 1. The van der Waals surface area contributed by atoms with E-state index >= 15 is 0 Å². The lowest BCUT2D eigenvalue weighted by Crippen LogP contribution is -2.41. The number of nitrogens with one attached hydrogen (secondary N) is 1. The highest BCUT2D eigenvalue weighted by molar-refractivity contribution is 5.86. The Morgan fingerprint density at radius 1 is 1.16 bits per heavy atom. The van der Waals surface area contributed by atoms with Gasteiger partial charge in [-0.3, -0.25) is 9.78 Å². The van der Waals surface area contributed by atoms with Crippen molar-refractivity contribution in [3.63, 3.8) is 0 Å². The average Bonchev–Trinajstić information content (AvgIpc) is 3.07. The maximum Gasteiger partial charge on any atom is 0.327 e. The number of rotatable bonds is 4. The van der Waals surface area contributed by atoms with E-state index in [4.69, 9.17) is 0 Å². The van der Waals surface area contributed by atoms with Crippen LogP contribution in [0.3, 0.4) is 0 Å². The van der Waals surface area contributed by atoms with Gasteiger partial charge in [0.25, 0.3) is 5.56 Å². The van der Waals surface area contributed by atoms with Crippen LogP contribution < -0.4 is 10.5 Å². The maximum absolute atomic E-state index is 14.6. The van der Waals surface area contributed by atoms with Gasteiger partial charge >= 0.3 is 5.97 Å². The lowest BCUT2D eigenvalue weighted by atomic mass is 9.87. The summed E-state index contributed by atoms with van der Waals surface area (Å²) < 4.78 is 14.6. The molecule has 160 valence electrons. The van der Waals surface area contributed by atoms with Crippen molar-refractivity contribution in [3.8, 4) is 0 Å². The predicted octanol–water partition coefficient (Wildman–Crippen LogP) is 3.98. The van der Waals surface area contributed by atoms with Crippen LogP contribution in [0.4, 0.5) is 10.1 Å². The molecule has 2 N–H and O–H groups in total. The molecule has 2 unspecified atom stereocenters. The smallest absolute Gasteiger partial charge is 0.327 e. The molecule has 5 rings (SSSR count). The molecule has 1 aliphatic heterocycles. The lowest BCUT2D eigenvalue weighted by molar-refractivity contribution is -0.138. The molecule has 2 aromatic heterocycles. The van der Waals surface area contributed by atoms with E-state index < -0.39 is 23.7 Å². The number of benzene rings is 2. The number of fused-ring (bicyclic) bond motifs is 2. The van der Waals surface area contributed by atoms with Gasteiger partial charge in [-0.1, -0.05) is 24.3 Å². The largest absolute Gasteiger partial charge is 0.480 e. The van der Waals surface area contributed by atoms with Crippen molar-refractivity contribution in [2.75, 3.05) is 4.90 Å². The first kappa shape index (κ1) is 19.9. The Balaban J connectivity index is 1.67. The summed E-state index contributed by atoms with van der Waals surface area (Å²) in [6.07, 6.45) is 3.22. The van der Waals surface area contributed by atoms with Crippen LogP contribution in [0.1, 0.15) is 28.2 Å². The summed E-state index contributed by atoms with van der Waals surface area (Å²) in [4.78, 5) is 33.7. The van der Waals surface area contributed by atoms with Gasteiger partial charge in [0.2, 0.25) is 0 Å². The van der Waals surface area contributed by atoms with Crippen LogP contribution >= 0.6 is 0 Å². The van der Waals surface area contributed by atoms with Crippen molar-refractivity contribution in [1.29, 1.82) is 0 Å². The number of aromatic amines is 1. The molecule has 0 bridgehead atoms. The molecule has 0 saturated carbocycles. The molecule has 7 heteroatoms. The Bertz CT molecular complexity index is 1420. The van der Waals surface area contributed by atoms with Crippen molar-refractivity contribution < 1.29 is 14.3 Å². The number of aromatic nitrogens is 2. The van der Waals surface area contributed by atoms with E-state index in [9.17, 15) is 19.1 Å². The average molecular weight is 429 g/mol. The first-order valence-electron chi connectivity index (χ1n) is 10.2. The zero-order chi connectivity index (χ0) is 22.4. The van der Waals surface area contributed by atoms with Crippen LogP contribution in [0, 0.1) is 12.7 Å². The molecule has 0 amide bonds. The Hall–Kier alpha value is -4.00. The quantitative estimate of drug-likeness (QED) is 0.513. The van der Waals surface area contributed by atoms with Gasteiger partial charge in [-0.2, -0.15) is 0 Å². The van der Waals surface area contributed by atoms with E-state index in [2.05, 4.69) is 9.97 Å². The molecule has 0 aliphatic carbocycles. The summed E-state index contributed by atoms with van der Waals surface area (Å²) in [6.45, 7) is 1.88. The number of carboxylic acid groups (broad SMARTS) is 1. The number of carbonyl (C=O) groups is 1. The van der Waals surface area contributed by atoms with E-state index in [1.165, 1.54) is 12.3 Å². The normalized spacial score (nSPS) is 17.5. The second-order valence-corrected chi connectivity index (χ2v) is 8.03. The summed E-state index contributed by atoms with van der Waals surface area (Å²) >= 11 is 0. The highest BCUT2D eigenvalue weighted by Crippen LogP contribution is 2.45. The summed E-state index contributed by atoms with van der Waals surface area (Å²) in [7, 11) is 0. The van der Waals surface area contributed by atoms with Gasteiger partial charge in [0, 0.05) is 41.5 Å². The van der Waals surface area contributed by atoms with Crippen molar-refractivity contribution in [2.45, 2.75) is 25.4 Å². The monoisotopic (exact) mass is 429 g/mol. The second-order valence-electron chi connectivity index (χ2n) is 8.03. The molecule has 6 nitrogen and oxygen atoms in total. The molecule has 0 spiro atoms. The van der Waals surface area contributed by atoms with Gasteiger partial charge in [0.1, 0.15) is 11.9 Å². The summed E-state index contributed by atoms with van der Waals surface area (Å²) in [5.74, 6) is -2.22. The number of aryl methyl sites for hydroxylation is 1. The number of H-pyrrole nitrogens is 1. The minimum absolute atomic E-state index is 0.249. The number of pyridine rings is 2. The van der Waals surface area contributed by atoms with Crippen molar-refractivity contribution in [3.05, 3.63) is 105 Å². The number of halogens is 1.